The van der Waals surface area contributed by atoms with Crippen LogP contribution in [0.4, 0.5) is 4.39 Å². The molecule has 0 saturated heterocycles. The minimum Gasteiger partial charge on any atom is -0.206 e. The normalized spacial score (nSPS) is 10.1. The van der Waals surface area contributed by atoms with Gasteiger partial charge in [-0.3, -0.25) is 0 Å². The molecule has 0 spiro atoms. The first-order valence-electron chi connectivity index (χ1n) is 9.30. The highest BCUT2D eigenvalue weighted by molar-refractivity contribution is 5.65. The molecule has 27 heavy (non-hydrogen) atoms. The fraction of sp³-hybridized carbons (Fsp3) is 0.154. The molecule has 0 nitrogen and oxygen atoms in total. The van der Waals surface area contributed by atoms with E-state index in [4.69, 9.17) is 0 Å². The van der Waals surface area contributed by atoms with Gasteiger partial charge in [-0.2, -0.15) is 0 Å². The van der Waals surface area contributed by atoms with Crippen LogP contribution in [0.25, 0.3) is 11.1 Å². The summed E-state index contributed by atoms with van der Waals surface area (Å²) >= 11 is 0. The molecule has 1 heteroatoms. The summed E-state index contributed by atoms with van der Waals surface area (Å²) in [7, 11) is 0. The highest BCUT2D eigenvalue weighted by Crippen LogP contribution is 2.24. The van der Waals surface area contributed by atoms with Crippen molar-refractivity contribution < 1.29 is 4.39 Å². The van der Waals surface area contributed by atoms with Gasteiger partial charge in [0.1, 0.15) is 5.82 Å². The van der Waals surface area contributed by atoms with Gasteiger partial charge in [-0.15, -0.1) is 6.58 Å². The van der Waals surface area contributed by atoms with E-state index in [1.807, 2.05) is 61.5 Å². The number of allylic oxidation sites excluding steroid dienone is 1. The van der Waals surface area contributed by atoms with Crippen molar-refractivity contribution in [1.29, 1.82) is 0 Å². The summed E-state index contributed by atoms with van der Waals surface area (Å²) in [5.41, 5.74) is 5.70. The maximum Gasteiger partial charge on any atom is 0.131 e. The van der Waals surface area contributed by atoms with Gasteiger partial charge in [-0.25, -0.2) is 4.39 Å². The van der Waals surface area contributed by atoms with Crippen molar-refractivity contribution in [3.63, 3.8) is 0 Å². The molecule has 0 amide bonds. The van der Waals surface area contributed by atoms with Gasteiger partial charge in [-0.05, 0) is 66.3 Å². The molecular weight excluding hydrogens is 331 g/mol. The Labute approximate surface area is 161 Å². The lowest BCUT2D eigenvalue weighted by molar-refractivity contribution is 0.629. The Kier molecular flexibility index (Phi) is 6.23. The van der Waals surface area contributed by atoms with E-state index in [-0.39, 0.29) is 5.82 Å². The predicted molar refractivity (Wildman–Crippen MR) is 112 cm³/mol. The van der Waals surface area contributed by atoms with Gasteiger partial charge in [0, 0.05) is 16.7 Å². The summed E-state index contributed by atoms with van der Waals surface area (Å²) in [5, 5.41) is 0. The van der Waals surface area contributed by atoms with Gasteiger partial charge in [0.05, 0.1) is 0 Å². The molecular formula is C26H23F. The van der Waals surface area contributed by atoms with Crippen LogP contribution in [0, 0.1) is 17.7 Å². The predicted octanol–water partition coefficient (Wildman–Crippen LogP) is 6.57. The van der Waals surface area contributed by atoms with Gasteiger partial charge in [0.25, 0.3) is 0 Å². The standard InChI is InChI=1S/C26H23F/c1-3-5-6-21-7-9-22(10-8-21)11-12-23-13-16-24(17-14-23)25-18-15-20(4-2)19-26(25)27/h3,7-10,13-19H,1,4-6H2,2H3. The first-order valence-corrected chi connectivity index (χ1v) is 9.30. The Morgan fingerprint density at radius 3 is 2.00 bits per heavy atom. The Balaban J connectivity index is 1.73. The number of benzene rings is 3. The van der Waals surface area contributed by atoms with Crippen LogP contribution in [0.1, 0.15) is 35.6 Å². The van der Waals surface area contributed by atoms with E-state index < -0.39 is 0 Å². The fourth-order valence-corrected chi connectivity index (χ4v) is 2.91. The van der Waals surface area contributed by atoms with Gasteiger partial charge in [0.2, 0.25) is 0 Å². The fourth-order valence-electron chi connectivity index (χ4n) is 2.91. The molecule has 134 valence electrons. The zero-order chi connectivity index (χ0) is 19.1. The van der Waals surface area contributed by atoms with Crippen molar-refractivity contribution in [1.82, 2.24) is 0 Å². The molecule has 0 aliphatic rings. The van der Waals surface area contributed by atoms with E-state index in [1.54, 1.807) is 6.07 Å². The molecule has 0 unspecified atom stereocenters. The Morgan fingerprint density at radius 1 is 0.852 bits per heavy atom. The molecule has 0 aromatic heterocycles. The second-order valence-electron chi connectivity index (χ2n) is 6.52. The molecule has 0 atom stereocenters. The molecule has 0 aliphatic heterocycles. The Bertz CT molecular complexity index is 967. The smallest absolute Gasteiger partial charge is 0.131 e. The zero-order valence-corrected chi connectivity index (χ0v) is 15.6. The van der Waals surface area contributed by atoms with E-state index in [0.29, 0.717) is 5.56 Å². The van der Waals surface area contributed by atoms with Crippen LogP contribution in [-0.2, 0) is 12.8 Å². The van der Waals surface area contributed by atoms with Gasteiger partial charge >= 0.3 is 0 Å². The van der Waals surface area contributed by atoms with Gasteiger partial charge in [-0.1, -0.05) is 61.2 Å². The molecule has 0 bridgehead atoms. The first-order chi connectivity index (χ1) is 13.2. The molecule has 3 aromatic rings. The Hall–Kier alpha value is -3.11. The van der Waals surface area contributed by atoms with E-state index >= 15 is 0 Å². The van der Waals surface area contributed by atoms with Crippen LogP contribution in [0.3, 0.4) is 0 Å². The molecule has 0 heterocycles. The van der Waals surface area contributed by atoms with Crippen molar-refractivity contribution >= 4 is 0 Å². The zero-order valence-electron chi connectivity index (χ0n) is 15.6. The third-order valence-corrected chi connectivity index (χ3v) is 4.58. The van der Waals surface area contributed by atoms with E-state index in [9.17, 15) is 4.39 Å². The second-order valence-corrected chi connectivity index (χ2v) is 6.52. The average Bonchev–Trinajstić information content (AvgIpc) is 2.72. The highest BCUT2D eigenvalue weighted by atomic mass is 19.1. The van der Waals surface area contributed by atoms with Crippen molar-refractivity contribution in [2.45, 2.75) is 26.2 Å². The first kappa shape index (κ1) is 18.7. The summed E-state index contributed by atoms with van der Waals surface area (Å²) in [6, 6.07) is 21.5. The number of rotatable bonds is 5. The lowest BCUT2D eigenvalue weighted by Crippen LogP contribution is -1.88. The molecule has 0 N–H and O–H groups in total. The molecule has 0 fully saturated rings. The molecule has 0 saturated carbocycles. The summed E-state index contributed by atoms with van der Waals surface area (Å²) in [4.78, 5) is 0. The number of halogens is 1. The molecule has 0 radical (unpaired) electrons. The van der Waals surface area contributed by atoms with E-state index in [2.05, 4.69) is 30.6 Å². The number of aryl methyl sites for hydroxylation is 2. The Morgan fingerprint density at radius 2 is 1.44 bits per heavy atom. The minimum absolute atomic E-state index is 0.176. The lowest BCUT2D eigenvalue weighted by atomic mass is 10.0. The summed E-state index contributed by atoms with van der Waals surface area (Å²) in [6.45, 7) is 5.78. The van der Waals surface area contributed by atoms with Gasteiger partial charge < -0.3 is 0 Å². The largest absolute Gasteiger partial charge is 0.206 e. The van der Waals surface area contributed by atoms with Crippen LogP contribution >= 0.6 is 0 Å². The van der Waals surface area contributed by atoms with Crippen molar-refractivity contribution in [3.05, 3.63) is 107 Å². The summed E-state index contributed by atoms with van der Waals surface area (Å²) < 4.78 is 14.3. The molecule has 0 aliphatic carbocycles. The maximum atomic E-state index is 14.3. The van der Waals surface area contributed by atoms with Crippen molar-refractivity contribution in [2.75, 3.05) is 0 Å². The third-order valence-electron chi connectivity index (χ3n) is 4.58. The van der Waals surface area contributed by atoms with Crippen molar-refractivity contribution in [2.24, 2.45) is 0 Å². The van der Waals surface area contributed by atoms with Crippen molar-refractivity contribution in [3.8, 4) is 23.0 Å². The number of hydrogen-bond acceptors (Lipinski definition) is 0. The topological polar surface area (TPSA) is 0 Å². The molecule has 3 rings (SSSR count). The average molecular weight is 354 g/mol. The summed E-state index contributed by atoms with van der Waals surface area (Å²) in [6.07, 6.45) is 4.76. The van der Waals surface area contributed by atoms with E-state index in [0.717, 1.165) is 41.5 Å². The second kappa shape index (κ2) is 9.01. The number of hydrogen-bond donors (Lipinski definition) is 0. The third kappa shape index (κ3) is 4.96. The quantitative estimate of drug-likeness (QED) is 0.359. The van der Waals surface area contributed by atoms with Crippen LogP contribution in [-0.4, -0.2) is 0 Å². The van der Waals surface area contributed by atoms with Crippen LogP contribution in [0.2, 0.25) is 0 Å². The van der Waals surface area contributed by atoms with Gasteiger partial charge in [0.15, 0.2) is 0 Å². The summed E-state index contributed by atoms with van der Waals surface area (Å²) in [5.74, 6) is 6.18. The van der Waals surface area contributed by atoms with E-state index in [1.165, 1.54) is 5.56 Å². The molecule has 3 aromatic carbocycles. The SMILES string of the molecule is C=CCCc1ccc(C#Cc2ccc(-c3ccc(CC)cc3F)cc2)cc1. The highest BCUT2D eigenvalue weighted by Gasteiger charge is 2.05. The van der Waals surface area contributed by atoms with Crippen LogP contribution in [0.5, 0.6) is 0 Å². The van der Waals surface area contributed by atoms with Crippen LogP contribution < -0.4 is 0 Å². The maximum absolute atomic E-state index is 14.3. The van der Waals surface area contributed by atoms with Crippen LogP contribution in [0.15, 0.2) is 79.4 Å². The monoisotopic (exact) mass is 354 g/mol. The lowest BCUT2D eigenvalue weighted by Gasteiger charge is -2.05. The minimum atomic E-state index is -0.176.